The Kier molecular flexibility index (Phi) is 3.34. The SMILES string of the molecule is CN(Cc1cscn1)C(=O)c1cc(N)ccn1. The minimum Gasteiger partial charge on any atom is -0.399 e. The van der Waals surface area contributed by atoms with E-state index in [1.807, 2.05) is 5.38 Å². The zero-order chi connectivity index (χ0) is 12.3. The summed E-state index contributed by atoms with van der Waals surface area (Å²) in [5, 5.41) is 1.91. The molecular formula is C11H12N4OS. The minimum absolute atomic E-state index is 0.162. The van der Waals surface area contributed by atoms with Gasteiger partial charge in [-0.1, -0.05) is 0 Å². The lowest BCUT2D eigenvalue weighted by atomic mass is 10.3. The summed E-state index contributed by atoms with van der Waals surface area (Å²) in [6.45, 7) is 0.471. The summed E-state index contributed by atoms with van der Waals surface area (Å²) in [7, 11) is 1.71. The topological polar surface area (TPSA) is 72.1 Å². The number of carbonyl (C=O) groups excluding carboxylic acids is 1. The summed E-state index contributed by atoms with van der Waals surface area (Å²) in [6, 6.07) is 3.22. The summed E-state index contributed by atoms with van der Waals surface area (Å²) >= 11 is 1.51. The molecule has 88 valence electrons. The van der Waals surface area contributed by atoms with E-state index in [9.17, 15) is 4.79 Å². The van der Waals surface area contributed by atoms with E-state index in [4.69, 9.17) is 5.73 Å². The molecule has 0 aromatic carbocycles. The first-order valence-electron chi connectivity index (χ1n) is 5.01. The van der Waals surface area contributed by atoms with Crippen LogP contribution in [0.1, 0.15) is 16.2 Å². The van der Waals surface area contributed by atoms with Crippen molar-refractivity contribution in [1.29, 1.82) is 0 Å². The summed E-state index contributed by atoms with van der Waals surface area (Å²) in [6.07, 6.45) is 1.53. The molecule has 0 bridgehead atoms. The lowest BCUT2D eigenvalue weighted by Gasteiger charge is -2.15. The lowest BCUT2D eigenvalue weighted by Crippen LogP contribution is -2.27. The molecule has 2 heterocycles. The van der Waals surface area contributed by atoms with Gasteiger partial charge in [0, 0.05) is 24.3 Å². The molecule has 0 aliphatic carbocycles. The molecule has 6 heteroatoms. The van der Waals surface area contributed by atoms with Crippen LogP contribution < -0.4 is 5.73 Å². The van der Waals surface area contributed by atoms with Gasteiger partial charge in [-0.3, -0.25) is 9.78 Å². The molecule has 2 aromatic rings. The van der Waals surface area contributed by atoms with Gasteiger partial charge in [-0.2, -0.15) is 0 Å². The summed E-state index contributed by atoms with van der Waals surface area (Å²) in [5.41, 5.74) is 9.11. The van der Waals surface area contributed by atoms with Crippen LogP contribution in [0.3, 0.4) is 0 Å². The number of nitrogen functional groups attached to an aromatic ring is 1. The molecule has 0 aliphatic heterocycles. The van der Waals surface area contributed by atoms with Crippen LogP contribution in [-0.2, 0) is 6.54 Å². The quantitative estimate of drug-likeness (QED) is 0.891. The molecule has 2 aromatic heterocycles. The third-order valence-corrected chi connectivity index (χ3v) is 2.87. The minimum atomic E-state index is -0.162. The van der Waals surface area contributed by atoms with Gasteiger partial charge in [-0.15, -0.1) is 11.3 Å². The smallest absolute Gasteiger partial charge is 0.272 e. The number of aromatic nitrogens is 2. The average molecular weight is 248 g/mol. The molecule has 0 saturated carbocycles. The number of hydrogen-bond acceptors (Lipinski definition) is 5. The number of rotatable bonds is 3. The second-order valence-corrected chi connectivity index (χ2v) is 4.33. The van der Waals surface area contributed by atoms with Crippen molar-refractivity contribution in [2.75, 3.05) is 12.8 Å². The Morgan fingerprint density at radius 3 is 3.00 bits per heavy atom. The first-order valence-corrected chi connectivity index (χ1v) is 5.95. The number of nitrogens with zero attached hydrogens (tertiary/aromatic N) is 3. The monoisotopic (exact) mass is 248 g/mol. The van der Waals surface area contributed by atoms with Crippen LogP contribution in [0.15, 0.2) is 29.2 Å². The standard InChI is InChI=1S/C11H12N4OS/c1-15(5-9-6-17-7-14-9)11(16)10-4-8(12)2-3-13-10/h2-4,6-7H,5H2,1H3,(H2,12,13). The third-order valence-electron chi connectivity index (χ3n) is 2.23. The Labute approximate surface area is 103 Å². The van der Waals surface area contributed by atoms with Gasteiger partial charge in [0.25, 0.3) is 5.91 Å². The van der Waals surface area contributed by atoms with Gasteiger partial charge in [0.1, 0.15) is 5.69 Å². The van der Waals surface area contributed by atoms with Crippen LogP contribution in [-0.4, -0.2) is 27.8 Å². The molecule has 0 spiro atoms. The molecule has 0 radical (unpaired) electrons. The molecule has 2 rings (SSSR count). The number of pyridine rings is 1. The summed E-state index contributed by atoms with van der Waals surface area (Å²) < 4.78 is 0. The third kappa shape index (κ3) is 2.79. The van der Waals surface area contributed by atoms with Gasteiger partial charge in [0.15, 0.2) is 0 Å². The van der Waals surface area contributed by atoms with Crippen LogP contribution in [0.25, 0.3) is 0 Å². The van der Waals surface area contributed by atoms with Crippen LogP contribution in [0.5, 0.6) is 0 Å². The average Bonchev–Trinajstić information content (AvgIpc) is 2.80. The van der Waals surface area contributed by atoms with Crippen molar-refractivity contribution >= 4 is 22.9 Å². The first kappa shape index (κ1) is 11.5. The molecule has 0 saturated heterocycles. The molecular weight excluding hydrogens is 236 g/mol. The zero-order valence-electron chi connectivity index (χ0n) is 9.33. The fraction of sp³-hybridized carbons (Fsp3) is 0.182. The Hall–Kier alpha value is -1.95. The van der Waals surface area contributed by atoms with E-state index in [-0.39, 0.29) is 5.91 Å². The predicted molar refractivity (Wildman–Crippen MR) is 66.6 cm³/mol. The van der Waals surface area contributed by atoms with E-state index < -0.39 is 0 Å². The van der Waals surface area contributed by atoms with Crippen molar-refractivity contribution in [3.8, 4) is 0 Å². The molecule has 2 N–H and O–H groups in total. The summed E-state index contributed by atoms with van der Waals surface area (Å²) in [4.78, 5) is 21.7. The van der Waals surface area contributed by atoms with E-state index >= 15 is 0 Å². The van der Waals surface area contributed by atoms with E-state index in [0.29, 0.717) is 17.9 Å². The molecule has 0 fully saturated rings. The number of carbonyl (C=O) groups is 1. The number of amides is 1. The Morgan fingerprint density at radius 1 is 1.53 bits per heavy atom. The maximum Gasteiger partial charge on any atom is 0.272 e. The second-order valence-electron chi connectivity index (χ2n) is 3.62. The van der Waals surface area contributed by atoms with Gasteiger partial charge in [-0.05, 0) is 12.1 Å². The van der Waals surface area contributed by atoms with Gasteiger partial charge in [-0.25, -0.2) is 4.98 Å². The highest BCUT2D eigenvalue weighted by Crippen LogP contribution is 2.09. The Balaban J connectivity index is 2.09. The molecule has 17 heavy (non-hydrogen) atoms. The van der Waals surface area contributed by atoms with Crippen molar-refractivity contribution in [3.05, 3.63) is 40.6 Å². The normalized spacial score (nSPS) is 10.2. The molecule has 0 unspecified atom stereocenters. The molecule has 0 aliphatic rings. The predicted octanol–water partition coefficient (Wildman–Crippen LogP) is 1.39. The lowest BCUT2D eigenvalue weighted by molar-refractivity contribution is 0.0778. The summed E-state index contributed by atoms with van der Waals surface area (Å²) in [5.74, 6) is -0.162. The van der Waals surface area contributed by atoms with Crippen LogP contribution >= 0.6 is 11.3 Å². The van der Waals surface area contributed by atoms with Crippen molar-refractivity contribution in [1.82, 2.24) is 14.9 Å². The first-order chi connectivity index (χ1) is 8.16. The van der Waals surface area contributed by atoms with Gasteiger partial charge < -0.3 is 10.6 Å². The highest BCUT2D eigenvalue weighted by atomic mass is 32.1. The fourth-order valence-corrected chi connectivity index (χ4v) is 1.94. The molecule has 5 nitrogen and oxygen atoms in total. The van der Waals surface area contributed by atoms with Crippen LogP contribution in [0.2, 0.25) is 0 Å². The number of anilines is 1. The maximum absolute atomic E-state index is 12.0. The van der Waals surface area contributed by atoms with Gasteiger partial charge >= 0.3 is 0 Å². The largest absolute Gasteiger partial charge is 0.399 e. The van der Waals surface area contributed by atoms with Gasteiger partial charge in [0.05, 0.1) is 17.7 Å². The van der Waals surface area contributed by atoms with E-state index in [0.717, 1.165) is 5.69 Å². The maximum atomic E-state index is 12.0. The van der Waals surface area contributed by atoms with Gasteiger partial charge in [0.2, 0.25) is 0 Å². The van der Waals surface area contributed by atoms with E-state index in [1.165, 1.54) is 17.5 Å². The number of thiazole rings is 1. The highest BCUT2D eigenvalue weighted by Gasteiger charge is 2.14. The Morgan fingerprint density at radius 2 is 2.35 bits per heavy atom. The van der Waals surface area contributed by atoms with Crippen LogP contribution in [0.4, 0.5) is 5.69 Å². The zero-order valence-corrected chi connectivity index (χ0v) is 10.1. The number of hydrogen-bond donors (Lipinski definition) is 1. The molecule has 1 amide bonds. The van der Waals surface area contributed by atoms with Crippen molar-refractivity contribution in [2.45, 2.75) is 6.54 Å². The van der Waals surface area contributed by atoms with Crippen molar-refractivity contribution in [2.24, 2.45) is 0 Å². The molecule has 0 atom stereocenters. The second kappa shape index (κ2) is 4.92. The van der Waals surface area contributed by atoms with E-state index in [1.54, 1.807) is 29.6 Å². The fourth-order valence-electron chi connectivity index (χ4n) is 1.39. The van der Waals surface area contributed by atoms with Crippen LogP contribution in [0, 0.1) is 0 Å². The van der Waals surface area contributed by atoms with Crippen molar-refractivity contribution in [3.63, 3.8) is 0 Å². The Bertz CT molecular complexity index is 512. The van der Waals surface area contributed by atoms with E-state index in [2.05, 4.69) is 9.97 Å². The highest BCUT2D eigenvalue weighted by molar-refractivity contribution is 7.07. The number of nitrogens with two attached hydrogens (primary N) is 1. The van der Waals surface area contributed by atoms with Crippen molar-refractivity contribution < 1.29 is 4.79 Å².